The fourth-order valence-electron chi connectivity index (χ4n) is 2.26. The van der Waals surface area contributed by atoms with Gasteiger partial charge < -0.3 is 5.32 Å². The third-order valence-electron chi connectivity index (χ3n) is 3.54. The third kappa shape index (κ3) is 5.62. The van der Waals surface area contributed by atoms with E-state index < -0.39 is 11.8 Å². The lowest BCUT2D eigenvalue weighted by Crippen LogP contribution is -2.39. The Balaban J connectivity index is 1.89. The van der Waals surface area contributed by atoms with Crippen LogP contribution in [0.1, 0.15) is 25.5 Å². The molecule has 1 amide bonds. The van der Waals surface area contributed by atoms with E-state index in [2.05, 4.69) is 10.6 Å². The number of thioether (sulfide) groups is 1. The van der Waals surface area contributed by atoms with Crippen LogP contribution in [0, 0.1) is 0 Å². The van der Waals surface area contributed by atoms with Gasteiger partial charge in [-0.3, -0.25) is 10.1 Å². The first-order valence-electron chi connectivity index (χ1n) is 7.62. The number of halogens is 2. The molecule has 0 aliphatic rings. The van der Waals surface area contributed by atoms with Gasteiger partial charge in [-0.1, -0.05) is 42.1 Å². The SMILES string of the molecule is C[C@H](N[C@@H](C)c1ccccc1)C(=O)Nc1ccc(SC(F)F)cc1. The Bertz CT molecular complexity index is 650. The van der Waals surface area contributed by atoms with Gasteiger partial charge in [0, 0.05) is 16.6 Å². The Kier molecular flexibility index (Phi) is 6.75. The summed E-state index contributed by atoms with van der Waals surface area (Å²) >= 11 is 0.480. The second-order valence-corrected chi connectivity index (χ2v) is 6.48. The van der Waals surface area contributed by atoms with E-state index in [0.29, 0.717) is 22.3 Å². The number of benzene rings is 2. The summed E-state index contributed by atoms with van der Waals surface area (Å²) in [6.45, 7) is 3.78. The van der Waals surface area contributed by atoms with Crippen molar-refractivity contribution in [2.75, 3.05) is 5.32 Å². The predicted molar refractivity (Wildman–Crippen MR) is 94.4 cm³/mol. The molecular weight excluding hydrogens is 330 g/mol. The number of rotatable bonds is 7. The number of carbonyl (C=O) groups is 1. The van der Waals surface area contributed by atoms with E-state index in [1.54, 1.807) is 31.2 Å². The Morgan fingerprint density at radius 2 is 1.62 bits per heavy atom. The van der Waals surface area contributed by atoms with Crippen LogP contribution in [0.15, 0.2) is 59.5 Å². The number of amides is 1. The van der Waals surface area contributed by atoms with Gasteiger partial charge in [0.15, 0.2) is 0 Å². The minimum atomic E-state index is -2.45. The maximum absolute atomic E-state index is 12.3. The molecule has 2 aromatic rings. The zero-order chi connectivity index (χ0) is 17.5. The summed E-state index contributed by atoms with van der Waals surface area (Å²) in [6, 6.07) is 15.9. The van der Waals surface area contributed by atoms with Gasteiger partial charge in [-0.25, -0.2) is 0 Å². The Morgan fingerprint density at radius 3 is 2.21 bits per heavy atom. The van der Waals surface area contributed by atoms with Crippen molar-refractivity contribution in [1.82, 2.24) is 5.32 Å². The Labute approximate surface area is 144 Å². The standard InChI is InChI=1S/C18H20F2N2OS/c1-12(14-6-4-3-5-7-14)21-13(2)17(23)22-15-8-10-16(11-9-15)24-18(19)20/h3-13,18,21H,1-2H3,(H,22,23)/t12-,13-/m0/s1. The Morgan fingerprint density at radius 1 is 1.00 bits per heavy atom. The predicted octanol–water partition coefficient (Wildman–Crippen LogP) is 4.68. The number of anilines is 1. The smallest absolute Gasteiger partial charge is 0.288 e. The van der Waals surface area contributed by atoms with Gasteiger partial charge in [0.2, 0.25) is 5.91 Å². The van der Waals surface area contributed by atoms with Crippen LogP contribution >= 0.6 is 11.8 Å². The average Bonchev–Trinajstić information content (AvgIpc) is 2.56. The van der Waals surface area contributed by atoms with Crippen molar-refractivity contribution in [3.05, 3.63) is 60.2 Å². The van der Waals surface area contributed by atoms with Crippen LogP contribution in [0.2, 0.25) is 0 Å². The summed E-state index contributed by atoms with van der Waals surface area (Å²) in [5.41, 5.74) is 1.69. The van der Waals surface area contributed by atoms with Crippen LogP contribution < -0.4 is 10.6 Å². The van der Waals surface area contributed by atoms with E-state index in [-0.39, 0.29) is 11.9 Å². The highest BCUT2D eigenvalue weighted by atomic mass is 32.2. The number of hydrogen-bond donors (Lipinski definition) is 2. The second-order valence-electron chi connectivity index (χ2n) is 5.41. The first-order chi connectivity index (χ1) is 11.5. The highest BCUT2D eigenvalue weighted by Crippen LogP contribution is 2.26. The van der Waals surface area contributed by atoms with Crippen LogP contribution in [0.25, 0.3) is 0 Å². The summed E-state index contributed by atoms with van der Waals surface area (Å²) < 4.78 is 24.6. The minimum absolute atomic E-state index is 0.0387. The molecule has 2 N–H and O–H groups in total. The van der Waals surface area contributed by atoms with E-state index >= 15 is 0 Å². The van der Waals surface area contributed by atoms with E-state index in [4.69, 9.17) is 0 Å². The van der Waals surface area contributed by atoms with Crippen LogP contribution in [-0.4, -0.2) is 17.7 Å². The normalized spacial score (nSPS) is 13.5. The van der Waals surface area contributed by atoms with Gasteiger partial charge >= 0.3 is 0 Å². The highest BCUT2D eigenvalue weighted by Gasteiger charge is 2.16. The highest BCUT2D eigenvalue weighted by molar-refractivity contribution is 7.99. The molecule has 0 saturated heterocycles. The fourth-order valence-corrected chi connectivity index (χ4v) is 2.76. The van der Waals surface area contributed by atoms with Gasteiger partial charge in [-0.15, -0.1) is 0 Å². The van der Waals surface area contributed by atoms with Crippen molar-refractivity contribution in [3.8, 4) is 0 Å². The number of hydrogen-bond acceptors (Lipinski definition) is 3. The molecule has 0 fully saturated rings. The van der Waals surface area contributed by atoms with E-state index in [1.807, 2.05) is 37.3 Å². The fraction of sp³-hybridized carbons (Fsp3) is 0.278. The van der Waals surface area contributed by atoms with E-state index in [1.165, 1.54) is 0 Å². The molecule has 2 rings (SSSR count). The lowest BCUT2D eigenvalue weighted by atomic mass is 10.1. The maximum Gasteiger partial charge on any atom is 0.288 e. The van der Waals surface area contributed by atoms with Crippen molar-refractivity contribution < 1.29 is 13.6 Å². The zero-order valence-electron chi connectivity index (χ0n) is 13.5. The van der Waals surface area contributed by atoms with Crippen LogP contribution in [0.3, 0.4) is 0 Å². The summed E-state index contributed by atoms with van der Waals surface area (Å²) in [5, 5.41) is 6.02. The molecule has 0 spiro atoms. The van der Waals surface area contributed by atoms with Gasteiger partial charge in [0.05, 0.1) is 6.04 Å². The quantitative estimate of drug-likeness (QED) is 0.713. The molecule has 0 aliphatic carbocycles. The van der Waals surface area contributed by atoms with E-state index in [0.717, 1.165) is 5.56 Å². The molecule has 3 nitrogen and oxygen atoms in total. The molecule has 2 atom stereocenters. The summed E-state index contributed by atoms with van der Waals surface area (Å²) in [4.78, 5) is 12.7. The molecule has 0 saturated carbocycles. The molecule has 6 heteroatoms. The van der Waals surface area contributed by atoms with E-state index in [9.17, 15) is 13.6 Å². The maximum atomic E-state index is 12.3. The molecule has 0 heterocycles. The molecular formula is C18H20F2N2OS. The second kappa shape index (κ2) is 8.80. The van der Waals surface area contributed by atoms with Gasteiger partial charge in [0.25, 0.3) is 5.76 Å². The molecule has 24 heavy (non-hydrogen) atoms. The topological polar surface area (TPSA) is 41.1 Å². The number of carbonyl (C=O) groups excluding carboxylic acids is 1. The lowest BCUT2D eigenvalue weighted by molar-refractivity contribution is -0.117. The molecule has 0 bridgehead atoms. The molecule has 2 aromatic carbocycles. The van der Waals surface area contributed by atoms with Crippen molar-refractivity contribution in [2.24, 2.45) is 0 Å². The molecule has 0 aromatic heterocycles. The molecule has 0 aliphatic heterocycles. The van der Waals surface area contributed by atoms with Gasteiger partial charge in [-0.05, 0) is 43.7 Å². The van der Waals surface area contributed by atoms with Gasteiger partial charge in [0.1, 0.15) is 0 Å². The average molecular weight is 350 g/mol. The van der Waals surface area contributed by atoms with Crippen LogP contribution in [0.5, 0.6) is 0 Å². The molecule has 128 valence electrons. The first kappa shape index (κ1) is 18.4. The van der Waals surface area contributed by atoms with Crippen LogP contribution in [0.4, 0.5) is 14.5 Å². The summed E-state index contributed by atoms with van der Waals surface area (Å²) in [5.74, 6) is -2.62. The van der Waals surface area contributed by atoms with Crippen molar-refractivity contribution in [2.45, 2.75) is 36.6 Å². The molecule has 0 radical (unpaired) electrons. The molecule has 0 unspecified atom stereocenters. The summed E-state index contributed by atoms with van der Waals surface area (Å²) in [6.07, 6.45) is 0. The zero-order valence-corrected chi connectivity index (χ0v) is 14.3. The third-order valence-corrected chi connectivity index (χ3v) is 4.26. The summed E-state index contributed by atoms with van der Waals surface area (Å²) in [7, 11) is 0. The monoisotopic (exact) mass is 350 g/mol. The van der Waals surface area contributed by atoms with Gasteiger partial charge in [-0.2, -0.15) is 8.78 Å². The largest absolute Gasteiger partial charge is 0.325 e. The Hall–Kier alpha value is -1.92. The first-order valence-corrected chi connectivity index (χ1v) is 8.50. The van der Waals surface area contributed by atoms with Crippen molar-refractivity contribution in [1.29, 1.82) is 0 Å². The van der Waals surface area contributed by atoms with Crippen molar-refractivity contribution in [3.63, 3.8) is 0 Å². The number of alkyl halides is 2. The lowest BCUT2D eigenvalue weighted by Gasteiger charge is -2.20. The number of nitrogens with one attached hydrogen (secondary N) is 2. The minimum Gasteiger partial charge on any atom is -0.325 e. The van der Waals surface area contributed by atoms with Crippen molar-refractivity contribution >= 4 is 23.4 Å². The van der Waals surface area contributed by atoms with Crippen LogP contribution in [-0.2, 0) is 4.79 Å².